The van der Waals surface area contributed by atoms with Crippen molar-refractivity contribution in [1.29, 1.82) is 0 Å². The third-order valence-electron chi connectivity index (χ3n) is 11.0. The van der Waals surface area contributed by atoms with Crippen molar-refractivity contribution in [2.24, 2.45) is 12.5 Å². The maximum absolute atomic E-state index is 13.9. The number of nitrogens with zero attached hydrogens (tertiary/aromatic N) is 7. The molecule has 262 valence electrons. The van der Waals surface area contributed by atoms with Crippen LogP contribution in [0.2, 0.25) is 0 Å². The summed E-state index contributed by atoms with van der Waals surface area (Å²) in [6.45, 7) is 13.4. The molecule has 0 radical (unpaired) electrons. The molecule has 4 aromatic heterocycles. The van der Waals surface area contributed by atoms with E-state index in [1.165, 1.54) is 15.8 Å². The minimum atomic E-state index is -0.317. The lowest BCUT2D eigenvalue weighted by molar-refractivity contribution is -0.0828. The van der Waals surface area contributed by atoms with E-state index in [0.717, 1.165) is 44.8 Å². The number of carbonyl (C=O) groups excluding carboxylic acids is 1. The number of rotatable bonds is 7. The van der Waals surface area contributed by atoms with Gasteiger partial charge in [-0.15, -0.1) is 0 Å². The van der Waals surface area contributed by atoms with E-state index < -0.39 is 0 Å². The van der Waals surface area contributed by atoms with E-state index in [0.29, 0.717) is 70.9 Å². The van der Waals surface area contributed by atoms with Gasteiger partial charge in [0.25, 0.3) is 11.5 Å². The Labute approximate surface area is 292 Å². The van der Waals surface area contributed by atoms with Crippen molar-refractivity contribution >= 4 is 28.9 Å². The Morgan fingerprint density at radius 2 is 1.84 bits per heavy atom. The summed E-state index contributed by atoms with van der Waals surface area (Å²) in [5, 5.41) is 13.9. The van der Waals surface area contributed by atoms with Crippen LogP contribution in [-0.4, -0.2) is 86.0 Å². The van der Waals surface area contributed by atoms with E-state index >= 15 is 0 Å². The Bertz CT molecular complexity index is 2010. The van der Waals surface area contributed by atoms with E-state index in [9.17, 15) is 14.7 Å². The summed E-state index contributed by atoms with van der Waals surface area (Å²) in [6, 6.07) is 10.9. The van der Waals surface area contributed by atoms with E-state index in [1.54, 1.807) is 30.4 Å². The normalized spacial score (nSPS) is 22.0. The topological polar surface area (TPSA) is 121 Å². The maximum Gasteiger partial charge on any atom is 0.276 e. The lowest BCUT2D eigenvalue weighted by Crippen LogP contribution is -2.63. The Morgan fingerprint density at radius 3 is 2.56 bits per heavy atom. The van der Waals surface area contributed by atoms with Gasteiger partial charge in [0.1, 0.15) is 23.0 Å². The van der Waals surface area contributed by atoms with Crippen LogP contribution < -0.4 is 20.7 Å². The van der Waals surface area contributed by atoms with Crippen LogP contribution in [0.3, 0.4) is 0 Å². The molecule has 2 saturated heterocycles. The number of aliphatic hydroxyl groups excluding tert-OH is 1. The highest BCUT2D eigenvalue weighted by Gasteiger charge is 2.38. The molecule has 4 aromatic rings. The molecule has 2 fully saturated rings. The van der Waals surface area contributed by atoms with E-state index in [4.69, 9.17) is 9.72 Å². The lowest BCUT2D eigenvalue weighted by Gasteiger charge is -2.50. The number of nitrogens with one attached hydrogen (secondary N) is 1. The summed E-state index contributed by atoms with van der Waals surface area (Å²) >= 11 is 0. The van der Waals surface area contributed by atoms with Gasteiger partial charge in [0, 0.05) is 74.5 Å². The molecule has 3 aliphatic heterocycles. The second-order valence-corrected chi connectivity index (χ2v) is 15.3. The molecule has 4 aliphatic rings. The largest absolute Gasteiger partial charge is 0.392 e. The maximum atomic E-state index is 13.9. The first-order valence-corrected chi connectivity index (χ1v) is 17.7. The molecule has 12 heteroatoms. The van der Waals surface area contributed by atoms with Crippen molar-refractivity contribution in [3.63, 3.8) is 0 Å². The Morgan fingerprint density at radius 1 is 1.02 bits per heavy atom. The molecule has 2 atom stereocenters. The Hall–Kier alpha value is -4.52. The SMILES string of the molecule is C[C@@H]1CN(c2ccc(Nc3cc(-c4ccnc(N5CCn6c(cc7c6CC(C)(C)C7)C5=O)c4CO)cn(C)c3=O)nc2)[C@@H](C)CN1C1COC1. The number of carbonyl (C=O) groups is 1. The number of aliphatic hydroxyl groups is 1. The molecule has 0 unspecified atom stereocenters. The van der Waals surface area contributed by atoms with Gasteiger partial charge in [-0.2, -0.15) is 0 Å². The van der Waals surface area contributed by atoms with Gasteiger partial charge in [-0.25, -0.2) is 9.97 Å². The van der Waals surface area contributed by atoms with Crippen LogP contribution in [-0.2, 0) is 37.8 Å². The van der Waals surface area contributed by atoms with Crippen molar-refractivity contribution in [2.75, 3.05) is 48.0 Å². The molecule has 2 N–H and O–H groups in total. The van der Waals surface area contributed by atoms with Gasteiger partial charge in [-0.3, -0.25) is 19.4 Å². The van der Waals surface area contributed by atoms with Crippen LogP contribution in [0, 0.1) is 5.41 Å². The second-order valence-electron chi connectivity index (χ2n) is 15.3. The summed E-state index contributed by atoms with van der Waals surface area (Å²) in [4.78, 5) is 43.1. The van der Waals surface area contributed by atoms with Crippen molar-refractivity contribution in [3.8, 4) is 11.1 Å². The fourth-order valence-electron chi connectivity index (χ4n) is 8.41. The molecule has 7 heterocycles. The standard InChI is InChI=1S/C38H46N8O4/c1-23-18-46(28-21-50-22-28)24(2)17-45(23)27-6-7-34(40-16-27)41-31-12-26(19-42(5)36(31)48)29-8-9-39-35(30(29)20-47)44-11-10-43-32(37(44)49)13-25-14-38(3,4)15-33(25)43/h6-9,12-13,16,19,23-24,28,47H,10-11,14-15,17-18,20-22H2,1-5H3,(H,40,41)/t23-,24+/m0/s1. The summed E-state index contributed by atoms with van der Waals surface area (Å²) in [6.07, 6.45) is 7.19. The highest BCUT2D eigenvalue weighted by molar-refractivity contribution is 6.06. The highest BCUT2D eigenvalue weighted by Crippen LogP contribution is 2.40. The fraction of sp³-hybridized carbons (Fsp3) is 0.474. The minimum Gasteiger partial charge on any atom is -0.392 e. The van der Waals surface area contributed by atoms with Crippen LogP contribution in [0.5, 0.6) is 0 Å². The predicted molar refractivity (Wildman–Crippen MR) is 193 cm³/mol. The van der Waals surface area contributed by atoms with Gasteiger partial charge in [0.05, 0.1) is 37.7 Å². The average molecular weight is 679 g/mol. The molecule has 1 aliphatic carbocycles. The summed E-state index contributed by atoms with van der Waals surface area (Å²) in [5.41, 5.74) is 6.54. The van der Waals surface area contributed by atoms with Crippen molar-refractivity contribution in [3.05, 3.63) is 81.8 Å². The third-order valence-corrected chi connectivity index (χ3v) is 11.0. The van der Waals surface area contributed by atoms with Crippen LogP contribution >= 0.6 is 0 Å². The Balaban J connectivity index is 1.04. The van der Waals surface area contributed by atoms with Crippen LogP contribution in [0.15, 0.2) is 53.7 Å². The number of fused-ring (bicyclic) bond motifs is 3. The van der Waals surface area contributed by atoms with Crippen molar-refractivity contribution < 1.29 is 14.6 Å². The van der Waals surface area contributed by atoms with E-state index in [-0.39, 0.29) is 23.5 Å². The number of piperazine rings is 1. The molecule has 1 amide bonds. The molecule has 8 rings (SSSR count). The molecule has 12 nitrogen and oxygen atoms in total. The van der Waals surface area contributed by atoms with Gasteiger partial charge >= 0.3 is 0 Å². The zero-order valence-corrected chi connectivity index (χ0v) is 29.5. The summed E-state index contributed by atoms with van der Waals surface area (Å²) in [7, 11) is 1.70. The zero-order valence-electron chi connectivity index (χ0n) is 29.5. The number of ether oxygens (including phenoxy) is 1. The van der Waals surface area contributed by atoms with E-state index in [2.05, 4.69) is 58.4 Å². The molecule has 0 aromatic carbocycles. The number of amides is 1. The molecule has 0 bridgehead atoms. The van der Waals surface area contributed by atoms with Crippen LogP contribution in [0.1, 0.15) is 55.0 Å². The first-order valence-electron chi connectivity index (χ1n) is 17.7. The first kappa shape index (κ1) is 32.7. The Kier molecular flexibility index (Phi) is 8.08. The van der Waals surface area contributed by atoms with Crippen LogP contribution in [0.25, 0.3) is 11.1 Å². The monoisotopic (exact) mass is 678 g/mol. The number of anilines is 4. The van der Waals surface area contributed by atoms with Crippen molar-refractivity contribution in [2.45, 2.75) is 71.8 Å². The van der Waals surface area contributed by atoms with Gasteiger partial charge in [0.15, 0.2) is 0 Å². The van der Waals surface area contributed by atoms with Gasteiger partial charge in [-0.05, 0) is 73.6 Å². The molecule has 0 spiro atoms. The number of aryl methyl sites for hydroxylation is 1. The third kappa shape index (κ3) is 5.59. The second kappa shape index (κ2) is 12.4. The molecular formula is C38H46N8O4. The number of pyridine rings is 3. The van der Waals surface area contributed by atoms with Gasteiger partial charge < -0.3 is 29.2 Å². The molecular weight excluding hydrogens is 632 g/mol. The van der Waals surface area contributed by atoms with Crippen LogP contribution in [0.4, 0.5) is 23.0 Å². The van der Waals surface area contributed by atoms with Gasteiger partial charge in [-0.1, -0.05) is 13.8 Å². The smallest absolute Gasteiger partial charge is 0.276 e. The fourth-order valence-corrected chi connectivity index (χ4v) is 8.41. The molecule has 0 saturated carbocycles. The molecule has 50 heavy (non-hydrogen) atoms. The summed E-state index contributed by atoms with van der Waals surface area (Å²) in [5.74, 6) is 0.886. The zero-order chi connectivity index (χ0) is 34.9. The number of hydrogen-bond acceptors (Lipinski definition) is 9. The van der Waals surface area contributed by atoms with E-state index in [1.807, 2.05) is 24.4 Å². The van der Waals surface area contributed by atoms with Gasteiger partial charge in [0.2, 0.25) is 0 Å². The average Bonchev–Trinajstić information content (AvgIpc) is 3.56. The number of hydrogen-bond donors (Lipinski definition) is 2. The minimum absolute atomic E-state index is 0.112. The lowest BCUT2D eigenvalue weighted by atomic mass is 9.90. The first-order chi connectivity index (χ1) is 24.0. The quantitative estimate of drug-likeness (QED) is 0.299. The summed E-state index contributed by atoms with van der Waals surface area (Å²) < 4.78 is 9.13. The highest BCUT2D eigenvalue weighted by atomic mass is 16.5. The van der Waals surface area contributed by atoms with Crippen molar-refractivity contribution in [1.82, 2.24) is 24.0 Å². The number of aromatic nitrogens is 4. The predicted octanol–water partition coefficient (Wildman–Crippen LogP) is 3.96.